The Morgan fingerprint density at radius 1 is 1.17 bits per heavy atom. The van der Waals surface area contributed by atoms with Crippen LogP contribution < -0.4 is 61.2 Å². The number of carbonyl (C=O) groups is 1. The van der Waals surface area contributed by atoms with Gasteiger partial charge >= 0.3 is 51.4 Å². The van der Waals surface area contributed by atoms with Crippen molar-refractivity contribution >= 4 is 27.4 Å². The van der Waals surface area contributed by atoms with Crippen molar-refractivity contribution in [2.75, 3.05) is 4.72 Å². The van der Waals surface area contributed by atoms with Gasteiger partial charge in [0.1, 0.15) is 5.75 Å². The van der Waals surface area contributed by atoms with E-state index < -0.39 is 37.9 Å². The quantitative estimate of drug-likeness (QED) is 0.332. The molecule has 24 heavy (non-hydrogen) atoms. The average Bonchev–Trinajstić information content (AvgIpc) is 2.46. The summed E-state index contributed by atoms with van der Waals surface area (Å²) >= 11 is 0. The van der Waals surface area contributed by atoms with Gasteiger partial charge in [-0.15, -0.1) is 0 Å². The van der Waals surface area contributed by atoms with E-state index in [4.69, 9.17) is 0 Å². The third-order valence-corrected chi connectivity index (χ3v) is 4.19. The van der Waals surface area contributed by atoms with Gasteiger partial charge in [-0.05, 0) is 18.2 Å². The number of nitro benzene ring substituents is 1. The molecule has 2 rings (SSSR count). The number of nitrogens with one attached hydrogen (secondary N) is 1. The van der Waals surface area contributed by atoms with Gasteiger partial charge < -0.3 is 15.0 Å². The summed E-state index contributed by atoms with van der Waals surface area (Å²) in [5.41, 5.74) is -1.01. The number of nitro groups is 1. The van der Waals surface area contributed by atoms with Gasteiger partial charge in [0.2, 0.25) is 0 Å². The molecule has 0 heterocycles. The molecule has 0 aliphatic heterocycles. The number of aromatic hydroxyl groups is 1. The Morgan fingerprint density at radius 3 is 2.38 bits per heavy atom. The first-order chi connectivity index (χ1) is 10.7. The van der Waals surface area contributed by atoms with Crippen molar-refractivity contribution in [1.29, 1.82) is 0 Å². The van der Waals surface area contributed by atoms with Crippen molar-refractivity contribution in [3.05, 3.63) is 58.1 Å². The van der Waals surface area contributed by atoms with Gasteiger partial charge in [0.05, 0.1) is 21.5 Å². The van der Waals surface area contributed by atoms with E-state index in [1.807, 2.05) is 0 Å². The first-order valence-electron chi connectivity index (χ1n) is 6.02. The zero-order chi connectivity index (χ0) is 17.2. The van der Waals surface area contributed by atoms with Gasteiger partial charge in [0, 0.05) is 23.8 Å². The van der Waals surface area contributed by atoms with Crippen molar-refractivity contribution in [2.24, 2.45) is 0 Å². The minimum atomic E-state index is -4.15. The molecule has 0 saturated carbocycles. The number of aromatic carboxylic acids is 1. The van der Waals surface area contributed by atoms with E-state index >= 15 is 0 Å². The van der Waals surface area contributed by atoms with Crippen molar-refractivity contribution in [3.63, 3.8) is 0 Å². The van der Waals surface area contributed by atoms with Crippen LogP contribution in [0.2, 0.25) is 0 Å². The van der Waals surface area contributed by atoms with Crippen LogP contribution in [0.3, 0.4) is 0 Å². The normalized spacial score (nSPS) is 10.5. The van der Waals surface area contributed by atoms with Crippen LogP contribution in [0.5, 0.6) is 5.75 Å². The summed E-state index contributed by atoms with van der Waals surface area (Å²) in [6, 6.07) is 7.35. The fraction of sp³-hybridized carbons (Fsp3) is 0. The van der Waals surface area contributed by atoms with Crippen molar-refractivity contribution in [3.8, 4) is 5.75 Å². The van der Waals surface area contributed by atoms with Gasteiger partial charge in [-0.1, -0.05) is 6.07 Å². The molecule has 0 radical (unpaired) electrons. The molecule has 0 atom stereocenters. The Hall–Kier alpha value is -1.50. The Labute approximate surface area is 178 Å². The fourth-order valence-electron chi connectivity index (χ4n) is 1.75. The van der Waals surface area contributed by atoms with Gasteiger partial charge in [-0.2, -0.15) is 0 Å². The van der Waals surface area contributed by atoms with Crippen LogP contribution in [-0.4, -0.2) is 24.4 Å². The summed E-state index contributed by atoms with van der Waals surface area (Å²) in [7, 11) is -4.15. The van der Waals surface area contributed by atoms with E-state index in [1.165, 1.54) is 6.07 Å². The number of carboxylic acid groups (broad SMARTS) is 1. The van der Waals surface area contributed by atoms with E-state index in [2.05, 4.69) is 4.72 Å². The second-order valence-corrected chi connectivity index (χ2v) is 6.06. The molecule has 0 fully saturated rings. The van der Waals surface area contributed by atoms with Crippen molar-refractivity contribution < 1.29 is 79.7 Å². The van der Waals surface area contributed by atoms with Crippen molar-refractivity contribution in [1.82, 2.24) is 0 Å². The molecule has 0 spiro atoms. The van der Waals surface area contributed by atoms with Crippen LogP contribution in [0.1, 0.15) is 10.4 Å². The van der Waals surface area contributed by atoms with Gasteiger partial charge in [-0.25, -0.2) is 8.42 Å². The van der Waals surface area contributed by atoms with Crippen LogP contribution in [0, 0.1) is 10.1 Å². The van der Waals surface area contributed by atoms with E-state index in [1.54, 1.807) is 0 Å². The predicted molar refractivity (Wildman–Crippen MR) is 76.3 cm³/mol. The first-order valence-corrected chi connectivity index (χ1v) is 7.50. The number of rotatable bonds is 5. The molecular formula is C13H9KN2O7S. The molecule has 0 aliphatic rings. The van der Waals surface area contributed by atoms with Gasteiger partial charge in [0.15, 0.2) is 0 Å². The molecule has 0 amide bonds. The number of hydrogen-bond acceptors (Lipinski definition) is 7. The molecule has 0 saturated heterocycles. The Kier molecular flexibility index (Phi) is 6.89. The topological polar surface area (TPSA) is 150 Å². The van der Waals surface area contributed by atoms with E-state index in [-0.39, 0.29) is 62.0 Å². The van der Waals surface area contributed by atoms with Crippen LogP contribution in [0.25, 0.3) is 0 Å². The summed E-state index contributed by atoms with van der Waals surface area (Å²) in [6.45, 7) is 0. The molecule has 120 valence electrons. The molecular weight excluding hydrogens is 367 g/mol. The predicted octanol–water partition coefficient (Wildman–Crippen LogP) is -2.53. The first kappa shape index (κ1) is 20.5. The Morgan fingerprint density at radius 2 is 1.83 bits per heavy atom. The standard InChI is InChI=1S/C13H10N2O7S.K/c16-12-6-8(4-5-11(12)13(17)18)14-23(21,22)10-3-1-2-9(7-10)15(19)20;/h1-7,14,16H,(H,17,18);/q;+1/p-1. The number of benzene rings is 2. The molecule has 9 nitrogen and oxygen atoms in total. The molecule has 0 aliphatic carbocycles. The number of phenols is 1. The maximum atomic E-state index is 12.2. The zero-order valence-electron chi connectivity index (χ0n) is 12.3. The summed E-state index contributed by atoms with van der Waals surface area (Å²) < 4.78 is 26.4. The van der Waals surface area contributed by atoms with Crippen LogP contribution in [0.15, 0.2) is 47.4 Å². The fourth-order valence-corrected chi connectivity index (χ4v) is 2.83. The van der Waals surface area contributed by atoms with Gasteiger partial charge in [0.25, 0.3) is 15.7 Å². The van der Waals surface area contributed by atoms with E-state index in [9.17, 15) is 33.5 Å². The zero-order valence-corrected chi connectivity index (χ0v) is 16.2. The molecule has 0 unspecified atom stereocenters. The van der Waals surface area contributed by atoms with Crippen LogP contribution >= 0.6 is 0 Å². The summed E-state index contributed by atoms with van der Waals surface area (Å²) in [5, 5.41) is 30.8. The number of nitrogens with zero attached hydrogens (tertiary/aromatic N) is 1. The van der Waals surface area contributed by atoms with Gasteiger partial charge in [-0.3, -0.25) is 14.8 Å². The largest absolute Gasteiger partial charge is 1.00 e. The summed E-state index contributed by atoms with van der Waals surface area (Å²) in [4.78, 5) is 20.3. The second kappa shape index (κ2) is 8.05. The molecule has 0 aromatic heterocycles. The Bertz CT molecular complexity index is 899. The monoisotopic (exact) mass is 376 g/mol. The third-order valence-electron chi connectivity index (χ3n) is 2.81. The number of carbonyl (C=O) groups excluding carboxylic acids is 1. The SMILES string of the molecule is O=C([O-])c1ccc(NS(=O)(=O)c2cccc([N+](=O)[O-])c2)cc1O.[K+]. The molecule has 0 bridgehead atoms. The Balaban J connectivity index is 0.00000288. The van der Waals surface area contributed by atoms with Crippen LogP contribution in [-0.2, 0) is 10.0 Å². The molecule has 2 aromatic carbocycles. The number of anilines is 1. The third kappa shape index (κ3) is 4.75. The number of carboxylic acids is 1. The average molecular weight is 376 g/mol. The minimum Gasteiger partial charge on any atom is -0.545 e. The second-order valence-electron chi connectivity index (χ2n) is 4.38. The summed E-state index contributed by atoms with van der Waals surface area (Å²) in [5.74, 6) is -2.29. The minimum absolute atomic E-state index is 0. The number of non-ortho nitro benzene ring substituents is 1. The maximum absolute atomic E-state index is 12.2. The maximum Gasteiger partial charge on any atom is 1.00 e. The number of hydrogen-bond donors (Lipinski definition) is 2. The number of sulfonamides is 1. The van der Waals surface area contributed by atoms with E-state index in [0.29, 0.717) is 0 Å². The summed E-state index contributed by atoms with van der Waals surface area (Å²) in [6.07, 6.45) is 0. The van der Waals surface area contributed by atoms with E-state index in [0.717, 1.165) is 36.4 Å². The molecule has 2 N–H and O–H groups in total. The molecule has 11 heteroatoms. The molecule has 2 aromatic rings. The van der Waals surface area contributed by atoms with Crippen LogP contribution in [0.4, 0.5) is 11.4 Å². The smallest absolute Gasteiger partial charge is 0.545 e. The van der Waals surface area contributed by atoms with Crippen molar-refractivity contribution in [2.45, 2.75) is 4.90 Å².